The second-order valence-corrected chi connectivity index (χ2v) is 9.03. The minimum atomic E-state index is -0.786. The molecule has 0 bridgehead atoms. The van der Waals surface area contributed by atoms with Crippen LogP contribution < -0.4 is 0 Å². The molecule has 0 saturated heterocycles. The van der Waals surface area contributed by atoms with Crippen molar-refractivity contribution in [3.05, 3.63) is 42.0 Å². The number of benzene rings is 1. The standard InChI is InChI=1S/C29H46O4/c1-2-3-4-5-6-7-8-9-10-11-12-13-14-15-16-17-18-19-20-25-28(31)33-29(32)26-23-21-22-24-27(26)30/h9-10,21-24,30H,2-8,11-20,25H2,1H3/b10-9-. The van der Waals surface area contributed by atoms with E-state index in [1.165, 1.54) is 102 Å². The SMILES string of the molecule is CCCCCCCC/C=C\CCCCCCCCCCCC(=O)OC(=O)c1ccccc1O. The number of hydrogen-bond acceptors (Lipinski definition) is 4. The molecule has 0 saturated carbocycles. The number of phenols is 1. The van der Waals surface area contributed by atoms with Crippen LogP contribution in [-0.2, 0) is 9.53 Å². The summed E-state index contributed by atoms with van der Waals surface area (Å²) in [5.74, 6) is -1.48. The van der Waals surface area contributed by atoms with Gasteiger partial charge in [-0.3, -0.25) is 4.79 Å². The monoisotopic (exact) mass is 458 g/mol. The molecular weight excluding hydrogens is 412 g/mol. The van der Waals surface area contributed by atoms with Gasteiger partial charge in [0.2, 0.25) is 0 Å². The Morgan fingerprint density at radius 2 is 1.21 bits per heavy atom. The zero-order valence-electron chi connectivity index (χ0n) is 20.9. The number of rotatable bonds is 20. The molecule has 0 atom stereocenters. The Balaban J connectivity index is 1.85. The van der Waals surface area contributed by atoms with Crippen LogP contribution in [0.25, 0.3) is 0 Å². The zero-order chi connectivity index (χ0) is 24.0. The summed E-state index contributed by atoms with van der Waals surface area (Å²) >= 11 is 0. The Kier molecular flexibility index (Phi) is 18.0. The van der Waals surface area contributed by atoms with Crippen molar-refractivity contribution in [1.29, 1.82) is 0 Å². The molecule has 1 rings (SSSR count). The maximum Gasteiger partial charge on any atom is 0.349 e. The van der Waals surface area contributed by atoms with Crippen molar-refractivity contribution >= 4 is 11.9 Å². The molecule has 0 amide bonds. The molecule has 1 aromatic rings. The van der Waals surface area contributed by atoms with Crippen LogP contribution in [0.2, 0.25) is 0 Å². The molecule has 33 heavy (non-hydrogen) atoms. The van der Waals surface area contributed by atoms with Crippen molar-refractivity contribution in [2.75, 3.05) is 0 Å². The summed E-state index contributed by atoms with van der Waals surface area (Å²) in [4.78, 5) is 23.7. The fourth-order valence-corrected chi connectivity index (χ4v) is 3.90. The lowest BCUT2D eigenvalue weighted by atomic mass is 10.1. The Hall–Kier alpha value is -2.10. The first kappa shape index (κ1) is 28.9. The van der Waals surface area contributed by atoms with E-state index in [4.69, 9.17) is 4.74 Å². The third-order valence-corrected chi connectivity index (χ3v) is 5.97. The number of aromatic hydroxyl groups is 1. The fraction of sp³-hybridized carbons (Fsp3) is 0.655. The topological polar surface area (TPSA) is 63.6 Å². The Labute approximate surface area is 201 Å². The lowest BCUT2D eigenvalue weighted by molar-refractivity contribution is -0.138. The summed E-state index contributed by atoms with van der Waals surface area (Å²) < 4.78 is 4.81. The Morgan fingerprint density at radius 1 is 0.727 bits per heavy atom. The molecule has 1 N–H and O–H groups in total. The second kappa shape index (κ2) is 20.5. The molecule has 0 heterocycles. The van der Waals surface area contributed by atoms with Crippen LogP contribution in [0.4, 0.5) is 0 Å². The van der Waals surface area contributed by atoms with Crippen molar-refractivity contribution < 1.29 is 19.4 Å². The molecule has 0 spiro atoms. The third-order valence-electron chi connectivity index (χ3n) is 5.97. The van der Waals surface area contributed by atoms with Gasteiger partial charge >= 0.3 is 11.9 Å². The summed E-state index contributed by atoms with van der Waals surface area (Å²) in [5, 5.41) is 9.62. The first-order valence-electron chi connectivity index (χ1n) is 13.3. The molecule has 4 nitrogen and oxygen atoms in total. The van der Waals surface area contributed by atoms with Gasteiger partial charge in [-0.15, -0.1) is 0 Å². The molecule has 0 aromatic heterocycles. The summed E-state index contributed by atoms with van der Waals surface area (Å²) in [6.45, 7) is 2.26. The van der Waals surface area contributed by atoms with E-state index < -0.39 is 11.9 Å². The molecule has 0 aliphatic rings. The van der Waals surface area contributed by atoms with Gasteiger partial charge in [0.25, 0.3) is 0 Å². The van der Waals surface area contributed by atoms with E-state index in [9.17, 15) is 14.7 Å². The highest BCUT2D eigenvalue weighted by Crippen LogP contribution is 2.17. The maximum atomic E-state index is 11.9. The molecule has 0 fully saturated rings. The predicted octanol–water partition coefficient (Wildman–Crippen LogP) is 8.67. The van der Waals surface area contributed by atoms with E-state index >= 15 is 0 Å². The first-order valence-corrected chi connectivity index (χ1v) is 13.3. The van der Waals surface area contributed by atoms with Gasteiger partial charge in [0, 0.05) is 6.42 Å². The van der Waals surface area contributed by atoms with E-state index in [0.717, 1.165) is 19.3 Å². The largest absolute Gasteiger partial charge is 0.507 e. The van der Waals surface area contributed by atoms with E-state index in [-0.39, 0.29) is 17.7 Å². The zero-order valence-corrected chi connectivity index (χ0v) is 20.9. The Morgan fingerprint density at radius 3 is 1.76 bits per heavy atom. The van der Waals surface area contributed by atoms with Crippen LogP contribution >= 0.6 is 0 Å². The summed E-state index contributed by atoms with van der Waals surface area (Å²) in [5.41, 5.74) is 0.0232. The fourth-order valence-electron chi connectivity index (χ4n) is 3.90. The van der Waals surface area contributed by atoms with Crippen molar-refractivity contribution in [2.24, 2.45) is 0 Å². The van der Waals surface area contributed by atoms with Crippen molar-refractivity contribution in [2.45, 2.75) is 122 Å². The normalized spacial score (nSPS) is 11.2. The maximum absolute atomic E-state index is 11.9. The quantitative estimate of drug-likeness (QED) is 0.0918. The number of allylic oxidation sites excluding steroid dienone is 2. The highest BCUT2D eigenvalue weighted by Gasteiger charge is 2.15. The van der Waals surface area contributed by atoms with Crippen molar-refractivity contribution in [3.8, 4) is 5.75 Å². The average molecular weight is 459 g/mol. The molecular formula is C29H46O4. The Bertz CT molecular complexity index is 665. The number of ether oxygens (including phenoxy) is 1. The predicted molar refractivity (Wildman–Crippen MR) is 136 cm³/mol. The number of phenolic OH excluding ortho intramolecular Hbond substituents is 1. The minimum Gasteiger partial charge on any atom is -0.507 e. The van der Waals surface area contributed by atoms with Crippen molar-refractivity contribution in [3.63, 3.8) is 0 Å². The van der Waals surface area contributed by atoms with Crippen LogP contribution in [0.3, 0.4) is 0 Å². The number of unbranched alkanes of at least 4 members (excludes halogenated alkanes) is 15. The van der Waals surface area contributed by atoms with E-state index in [1.54, 1.807) is 12.1 Å². The van der Waals surface area contributed by atoms with Crippen LogP contribution in [0.1, 0.15) is 133 Å². The lowest BCUT2D eigenvalue weighted by Crippen LogP contribution is -2.12. The van der Waals surface area contributed by atoms with Gasteiger partial charge in [0.05, 0.1) is 0 Å². The number of hydrogen-bond donors (Lipinski definition) is 1. The van der Waals surface area contributed by atoms with Gasteiger partial charge < -0.3 is 9.84 Å². The first-order chi connectivity index (χ1) is 16.1. The molecule has 0 unspecified atom stereocenters. The molecule has 1 aromatic carbocycles. The lowest BCUT2D eigenvalue weighted by Gasteiger charge is -2.05. The van der Waals surface area contributed by atoms with Gasteiger partial charge in [-0.1, -0.05) is 108 Å². The van der Waals surface area contributed by atoms with Gasteiger partial charge in [-0.2, -0.15) is 0 Å². The summed E-state index contributed by atoms with van der Waals surface area (Å²) in [6, 6.07) is 6.08. The van der Waals surface area contributed by atoms with E-state index in [2.05, 4.69) is 19.1 Å². The van der Waals surface area contributed by atoms with Crippen LogP contribution in [0.15, 0.2) is 36.4 Å². The minimum absolute atomic E-state index is 0.0232. The molecule has 0 radical (unpaired) electrons. The van der Waals surface area contributed by atoms with Crippen LogP contribution in [-0.4, -0.2) is 17.0 Å². The van der Waals surface area contributed by atoms with Crippen LogP contribution in [0.5, 0.6) is 5.75 Å². The van der Waals surface area contributed by atoms with E-state index in [1.807, 2.05) is 0 Å². The number of esters is 2. The summed E-state index contributed by atoms with van der Waals surface area (Å²) in [7, 11) is 0. The smallest absolute Gasteiger partial charge is 0.349 e. The highest BCUT2D eigenvalue weighted by atomic mass is 16.6. The number of carbonyl (C=O) groups excluding carboxylic acids is 2. The molecule has 0 aliphatic heterocycles. The van der Waals surface area contributed by atoms with Gasteiger partial charge in [-0.25, -0.2) is 4.79 Å². The molecule has 0 aliphatic carbocycles. The molecule has 186 valence electrons. The third kappa shape index (κ3) is 16.2. The van der Waals surface area contributed by atoms with Crippen molar-refractivity contribution in [1.82, 2.24) is 0 Å². The second-order valence-electron chi connectivity index (χ2n) is 9.03. The summed E-state index contributed by atoms with van der Waals surface area (Å²) in [6.07, 6.45) is 26.2. The van der Waals surface area contributed by atoms with Gasteiger partial charge in [0.1, 0.15) is 11.3 Å². The highest BCUT2D eigenvalue weighted by molar-refractivity contribution is 5.98. The number of carbonyl (C=O) groups is 2. The average Bonchev–Trinajstić information content (AvgIpc) is 2.80. The molecule has 4 heteroatoms. The van der Waals surface area contributed by atoms with Gasteiger partial charge in [0.15, 0.2) is 0 Å². The number of para-hydroxylation sites is 1. The van der Waals surface area contributed by atoms with E-state index in [0.29, 0.717) is 0 Å². The van der Waals surface area contributed by atoms with Gasteiger partial charge in [-0.05, 0) is 44.2 Å². The van der Waals surface area contributed by atoms with Crippen LogP contribution in [0, 0.1) is 0 Å².